The van der Waals surface area contributed by atoms with Gasteiger partial charge in [-0.2, -0.15) is 0 Å². The summed E-state index contributed by atoms with van der Waals surface area (Å²) in [5, 5.41) is 12.1. The molecule has 0 heterocycles. The normalized spacial score (nSPS) is 21.4. The van der Waals surface area contributed by atoms with Gasteiger partial charge in [-0.3, -0.25) is 13.8 Å². The van der Waals surface area contributed by atoms with Crippen molar-refractivity contribution in [3.8, 4) is 0 Å². The first-order valence-electron chi connectivity index (χ1n) is 6.68. The van der Waals surface area contributed by atoms with Crippen molar-refractivity contribution in [2.45, 2.75) is 51.5 Å². The fourth-order valence-electron chi connectivity index (χ4n) is 2.72. The number of hydrogen-bond acceptors (Lipinski definition) is 3. The van der Waals surface area contributed by atoms with Crippen LogP contribution in [0.5, 0.6) is 0 Å². The zero-order chi connectivity index (χ0) is 14.5. The molecule has 1 aliphatic carbocycles. The van der Waals surface area contributed by atoms with Gasteiger partial charge in [-0.1, -0.05) is 19.3 Å². The Morgan fingerprint density at radius 3 is 2.37 bits per heavy atom. The van der Waals surface area contributed by atoms with Crippen LogP contribution < -0.4 is 5.32 Å². The highest BCUT2D eigenvalue weighted by Gasteiger charge is 2.41. The Morgan fingerprint density at radius 1 is 1.32 bits per heavy atom. The molecule has 0 aromatic rings. The average molecular weight is 289 g/mol. The van der Waals surface area contributed by atoms with E-state index in [0.717, 1.165) is 19.3 Å². The van der Waals surface area contributed by atoms with Gasteiger partial charge in [0, 0.05) is 35.3 Å². The van der Waals surface area contributed by atoms with Crippen molar-refractivity contribution in [2.24, 2.45) is 5.41 Å². The minimum absolute atomic E-state index is 0.0308. The molecule has 1 aliphatic rings. The van der Waals surface area contributed by atoms with E-state index in [2.05, 4.69) is 5.32 Å². The molecule has 1 saturated carbocycles. The first-order valence-corrected chi connectivity index (χ1v) is 8.41. The Bertz CT molecular complexity index is 364. The lowest BCUT2D eigenvalue weighted by Crippen LogP contribution is -2.42. The maximum absolute atomic E-state index is 11.9. The zero-order valence-electron chi connectivity index (χ0n) is 11.6. The third-order valence-corrected chi connectivity index (χ3v) is 4.62. The van der Waals surface area contributed by atoms with E-state index >= 15 is 0 Å². The highest BCUT2D eigenvalue weighted by atomic mass is 32.2. The standard InChI is InChI=1S/C13H23NO4S/c1-10(9-19(2)18)14-11(15)8-13(12(16)17)6-4-3-5-7-13/h10H,3-9H2,1-2H3,(H,14,15)(H,16,17). The lowest BCUT2D eigenvalue weighted by molar-refractivity contribution is -0.154. The summed E-state index contributed by atoms with van der Waals surface area (Å²) in [4.78, 5) is 23.4. The number of hydrogen-bond donors (Lipinski definition) is 2. The summed E-state index contributed by atoms with van der Waals surface area (Å²) in [6, 6.07) is -0.187. The number of aliphatic carboxylic acids is 1. The molecular formula is C13H23NO4S. The Morgan fingerprint density at radius 2 is 1.89 bits per heavy atom. The van der Waals surface area contributed by atoms with E-state index < -0.39 is 22.2 Å². The number of carbonyl (C=O) groups is 2. The van der Waals surface area contributed by atoms with Crippen LogP contribution in [0.15, 0.2) is 0 Å². The molecule has 5 nitrogen and oxygen atoms in total. The molecule has 1 amide bonds. The Balaban J connectivity index is 2.57. The quantitative estimate of drug-likeness (QED) is 0.772. The summed E-state index contributed by atoms with van der Waals surface area (Å²) in [6.45, 7) is 1.79. The van der Waals surface area contributed by atoms with Crippen LogP contribution in [0.1, 0.15) is 45.4 Å². The second-order valence-corrected chi connectivity index (χ2v) is 7.01. The molecule has 6 heteroatoms. The zero-order valence-corrected chi connectivity index (χ0v) is 12.4. The highest BCUT2D eigenvalue weighted by Crippen LogP contribution is 2.39. The van der Waals surface area contributed by atoms with Crippen LogP contribution in [0.2, 0.25) is 0 Å². The number of carbonyl (C=O) groups excluding carboxylic acids is 1. The molecule has 0 aromatic heterocycles. The highest BCUT2D eigenvalue weighted by molar-refractivity contribution is 7.84. The predicted octanol–water partition coefficient (Wildman–Crippen LogP) is 1.29. The maximum Gasteiger partial charge on any atom is 0.310 e. The second kappa shape index (κ2) is 7.03. The number of carboxylic acids is 1. The van der Waals surface area contributed by atoms with Gasteiger partial charge in [-0.25, -0.2) is 0 Å². The van der Waals surface area contributed by atoms with E-state index in [1.165, 1.54) is 0 Å². The lowest BCUT2D eigenvalue weighted by atomic mass is 9.71. The van der Waals surface area contributed by atoms with E-state index in [9.17, 15) is 18.9 Å². The van der Waals surface area contributed by atoms with Crippen LogP contribution in [-0.2, 0) is 20.4 Å². The second-order valence-electron chi connectivity index (χ2n) is 5.53. The van der Waals surface area contributed by atoms with Crippen molar-refractivity contribution >= 4 is 22.7 Å². The molecule has 110 valence electrons. The van der Waals surface area contributed by atoms with E-state index in [1.807, 2.05) is 0 Å². The fraction of sp³-hybridized carbons (Fsp3) is 0.846. The van der Waals surface area contributed by atoms with Gasteiger partial charge in [0.1, 0.15) is 0 Å². The number of carboxylic acid groups (broad SMARTS) is 1. The molecule has 1 rings (SSSR count). The van der Waals surface area contributed by atoms with Gasteiger partial charge in [0.25, 0.3) is 0 Å². The first kappa shape index (κ1) is 16.1. The van der Waals surface area contributed by atoms with Gasteiger partial charge in [0.15, 0.2) is 0 Å². The van der Waals surface area contributed by atoms with Crippen LogP contribution in [-0.4, -0.2) is 39.2 Å². The van der Waals surface area contributed by atoms with Gasteiger partial charge in [0.2, 0.25) is 5.91 Å². The van der Waals surface area contributed by atoms with Crippen LogP contribution in [0.4, 0.5) is 0 Å². The molecule has 0 radical (unpaired) electrons. The van der Waals surface area contributed by atoms with Crippen molar-refractivity contribution in [1.82, 2.24) is 5.32 Å². The molecule has 0 bridgehead atoms. The first-order chi connectivity index (χ1) is 8.85. The number of rotatable bonds is 6. The fourth-order valence-corrected chi connectivity index (χ4v) is 3.51. The van der Waals surface area contributed by atoms with E-state index in [4.69, 9.17) is 0 Å². The molecule has 2 N–H and O–H groups in total. The Kier molecular flexibility index (Phi) is 5.97. The van der Waals surface area contributed by atoms with Crippen molar-refractivity contribution < 1.29 is 18.9 Å². The van der Waals surface area contributed by atoms with Crippen molar-refractivity contribution in [1.29, 1.82) is 0 Å². The third-order valence-electron chi connectivity index (χ3n) is 3.66. The largest absolute Gasteiger partial charge is 0.481 e. The lowest BCUT2D eigenvalue weighted by Gasteiger charge is -2.32. The smallest absolute Gasteiger partial charge is 0.310 e. The van der Waals surface area contributed by atoms with E-state index in [1.54, 1.807) is 13.2 Å². The van der Waals surface area contributed by atoms with Crippen LogP contribution in [0.3, 0.4) is 0 Å². The van der Waals surface area contributed by atoms with E-state index in [-0.39, 0.29) is 18.4 Å². The van der Waals surface area contributed by atoms with Gasteiger partial charge in [-0.15, -0.1) is 0 Å². The van der Waals surface area contributed by atoms with Gasteiger partial charge in [0.05, 0.1) is 5.41 Å². The third kappa shape index (κ3) is 4.93. The molecule has 19 heavy (non-hydrogen) atoms. The number of nitrogens with one attached hydrogen (secondary N) is 1. The van der Waals surface area contributed by atoms with Crippen LogP contribution in [0.25, 0.3) is 0 Å². The van der Waals surface area contributed by atoms with Gasteiger partial charge in [-0.05, 0) is 19.8 Å². The topological polar surface area (TPSA) is 83.5 Å². The summed E-state index contributed by atoms with van der Waals surface area (Å²) >= 11 is 0. The van der Waals surface area contributed by atoms with Crippen molar-refractivity contribution in [2.75, 3.05) is 12.0 Å². The van der Waals surface area contributed by atoms with Gasteiger partial charge < -0.3 is 10.4 Å². The maximum atomic E-state index is 11.9. The minimum Gasteiger partial charge on any atom is -0.481 e. The molecular weight excluding hydrogens is 266 g/mol. The summed E-state index contributed by atoms with van der Waals surface area (Å²) in [5.41, 5.74) is -0.895. The van der Waals surface area contributed by atoms with Crippen molar-refractivity contribution in [3.63, 3.8) is 0 Å². The summed E-state index contributed by atoms with van der Waals surface area (Å²) in [6.07, 6.45) is 5.54. The Hall–Kier alpha value is -0.910. The molecule has 2 unspecified atom stereocenters. The molecule has 1 fully saturated rings. The molecule has 0 spiro atoms. The molecule has 0 aromatic carbocycles. The minimum atomic E-state index is -0.969. The Labute approximate surface area is 116 Å². The van der Waals surface area contributed by atoms with E-state index in [0.29, 0.717) is 18.6 Å². The molecule has 0 saturated heterocycles. The molecule has 0 aliphatic heterocycles. The monoisotopic (exact) mass is 289 g/mol. The average Bonchev–Trinajstić information content (AvgIpc) is 2.28. The summed E-state index contributed by atoms with van der Waals surface area (Å²) < 4.78 is 11.1. The molecule has 2 atom stereocenters. The SMILES string of the molecule is CC(CS(C)=O)NC(=O)CC1(C(=O)O)CCCCC1. The van der Waals surface area contributed by atoms with Gasteiger partial charge >= 0.3 is 5.97 Å². The van der Waals surface area contributed by atoms with Crippen LogP contribution >= 0.6 is 0 Å². The van der Waals surface area contributed by atoms with Crippen LogP contribution in [0, 0.1) is 5.41 Å². The summed E-state index contributed by atoms with van der Waals surface area (Å²) in [7, 11) is -0.969. The summed E-state index contributed by atoms with van der Waals surface area (Å²) in [5.74, 6) is -0.720. The van der Waals surface area contributed by atoms with Crippen molar-refractivity contribution in [3.05, 3.63) is 0 Å². The number of amides is 1. The predicted molar refractivity (Wildman–Crippen MR) is 74.3 cm³/mol.